The highest BCUT2D eigenvalue weighted by Gasteiger charge is 2.16. The zero-order valence-electron chi connectivity index (χ0n) is 9.34. The number of benzene rings is 1. The van der Waals surface area contributed by atoms with Crippen LogP contribution in [-0.2, 0) is 4.74 Å². The normalized spacial score (nSPS) is 11.4. The molecule has 0 heterocycles. The fourth-order valence-electron chi connectivity index (χ4n) is 1.24. The number of nitriles is 1. The average Bonchev–Trinajstić information content (AvgIpc) is 2.28. The van der Waals surface area contributed by atoms with Crippen molar-refractivity contribution in [3.8, 4) is 6.07 Å². The van der Waals surface area contributed by atoms with Crippen molar-refractivity contribution in [1.29, 1.82) is 5.26 Å². The standard InChI is InChI=1S/C11H10N2O4/c1-7-5-9(3-4-10(7)13(15)16)11(14)17-8(2)6-12/h3-5,8H,1-2H3/t8-/m1/s1. The number of carbonyl (C=O) groups excluding carboxylic acids is 1. The van der Waals surface area contributed by atoms with E-state index in [0.717, 1.165) is 0 Å². The second-order valence-electron chi connectivity index (χ2n) is 3.44. The summed E-state index contributed by atoms with van der Waals surface area (Å²) in [5.74, 6) is -0.669. The fourth-order valence-corrected chi connectivity index (χ4v) is 1.24. The lowest BCUT2D eigenvalue weighted by molar-refractivity contribution is -0.385. The molecule has 0 fully saturated rings. The molecular weight excluding hydrogens is 224 g/mol. The number of carbonyl (C=O) groups is 1. The Morgan fingerprint density at radius 1 is 1.59 bits per heavy atom. The molecule has 0 unspecified atom stereocenters. The molecule has 0 bridgehead atoms. The Hall–Kier alpha value is -2.42. The number of aryl methyl sites for hydroxylation is 1. The summed E-state index contributed by atoms with van der Waals surface area (Å²) in [6.07, 6.45) is -0.849. The third-order valence-corrected chi connectivity index (χ3v) is 2.09. The second-order valence-corrected chi connectivity index (χ2v) is 3.44. The molecule has 1 aromatic carbocycles. The van der Waals surface area contributed by atoms with E-state index in [1.54, 1.807) is 6.07 Å². The highest BCUT2D eigenvalue weighted by atomic mass is 16.6. The van der Waals surface area contributed by atoms with E-state index in [0.29, 0.717) is 5.56 Å². The first-order valence-electron chi connectivity index (χ1n) is 4.81. The number of hydrogen-bond donors (Lipinski definition) is 0. The summed E-state index contributed by atoms with van der Waals surface area (Å²) in [7, 11) is 0. The number of ether oxygens (including phenoxy) is 1. The number of nitro groups is 1. The van der Waals surface area contributed by atoms with Gasteiger partial charge in [0.1, 0.15) is 6.07 Å². The van der Waals surface area contributed by atoms with Crippen LogP contribution >= 0.6 is 0 Å². The molecule has 0 radical (unpaired) electrons. The van der Waals surface area contributed by atoms with Gasteiger partial charge in [0.25, 0.3) is 5.69 Å². The van der Waals surface area contributed by atoms with Crippen LogP contribution in [0.15, 0.2) is 18.2 Å². The van der Waals surface area contributed by atoms with Crippen LogP contribution < -0.4 is 0 Å². The summed E-state index contributed by atoms with van der Waals surface area (Å²) in [6, 6.07) is 5.67. The van der Waals surface area contributed by atoms with Gasteiger partial charge in [-0.1, -0.05) is 0 Å². The van der Waals surface area contributed by atoms with Gasteiger partial charge in [0, 0.05) is 11.6 Å². The number of nitro benzene ring substituents is 1. The molecule has 0 aliphatic rings. The summed E-state index contributed by atoms with van der Waals surface area (Å²) < 4.78 is 4.77. The van der Waals surface area contributed by atoms with Crippen molar-refractivity contribution in [3.05, 3.63) is 39.4 Å². The maximum Gasteiger partial charge on any atom is 0.339 e. The largest absolute Gasteiger partial charge is 0.444 e. The maximum atomic E-state index is 11.5. The van der Waals surface area contributed by atoms with Crippen LogP contribution in [0.4, 0.5) is 5.69 Å². The molecule has 1 atom stereocenters. The first-order chi connectivity index (χ1) is 7.95. The Bertz CT molecular complexity index is 505. The topological polar surface area (TPSA) is 93.2 Å². The zero-order chi connectivity index (χ0) is 13.0. The molecule has 6 nitrogen and oxygen atoms in total. The predicted molar refractivity (Wildman–Crippen MR) is 58.3 cm³/mol. The van der Waals surface area contributed by atoms with Crippen LogP contribution in [-0.4, -0.2) is 17.0 Å². The van der Waals surface area contributed by atoms with Crippen LogP contribution in [0, 0.1) is 28.4 Å². The molecule has 6 heteroatoms. The van der Waals surface area contributed by atoms with E-state index in [1.165, 1.54) is 32.0 Å². The highest BCUT2D eigenvalue weighted by molar-refractivity contribution is 5.90. The van der Waals surface area contributed by atoms with Crippen molar-refractivity contribution in [2.24, 2.45) is 0 Å². The summed E-state index contributed by atoms with van der Waals surface area (Å²) in [6.45, 7) is 2.97. The quantitative estimate of drug-likeness (QED) is 0.452. The van der Waals surface area contributed by atoms with Crippen LogP contribution in [0.5, 0.6) is 0 Å². The van der Waals surface area contributed by atoms with Crippen molar-refractivity contribution in [1.82, 2.24) is 0 Å². The lowest BCUT2D eigenvalue weighted by atomic mass is 10.1. The molecule has 17 heavy (non-hydrogen) atoms. The minimum atomic E-state index is -0.849. The zero-order valence-corrected chi connectivity index (χ0v) is 9.34. The van der Waals surface area contributed by atoms with Crippen molar-refractivity contribution in [2.45, 2.75) is 20.0 Å². The average molecular weight is 234 g/mol. The van der Waals surface area contributed by atoms with Gasteiger partial charge in [-0.15, -0.1) is 0 Å². The van der Waals surface area contributed by atoms with Crippen molar-refractivity contribution >= 4 is 11.7 Å². The SMILES string of the molecule is Cc1cc(C(=O)O[C@H](C)C#N)ccc1[N+](=O)[O-]. The Kier molecular flexibility index (Phi) is 3.78. The van der Waals surface area contributed by atoms with E-state index in [1.807, 2.05) is 0 Å². The first-order valence-corrected chi connectivity index (χ1v) is 4.81. The number of rotatable bonds is 3. The number of nitrogens with zero attached hydrogens (tertiary/aromatic N) is 2. The lowest BCUT2D eigenvalue weighted by Gasteiger charge is -2.06. The van der Waals surface area contributed by atoms with Gasteiger partial charge in [0.2, 0.25) is 0 Å². The summed E-state index contributed by atoms with van der Waals surface area (Å²) in [5.41, 5.74) is 0.499. The molecule has 1 aromatic rings. The van der Waals surface area contributed by atoms with Crippen LogP contribution in [0.3, 0.4) is 0 Å². The van der Waals surface area contributed by atoms with Gasteiger partial charge in [-0.25, -0.2) is 4.79 Å². The summed E-state index contributed by atoms with van der Waals surface area (Å²) >= 11 is 0. The smallest absolute Gasteiger partial charge is 0.339 e. The van der Waals surface area contributed by atoms with Crippen molar-refractivity contribution in [2.75, 3.05) is 0 Å². The summed E-state index contributed by atoms with van der Waals surface area (Å²) in [4.78, 5) is 21.6. The molecule has 0 aliphatic carbocycles. The molecule has 0 N–H and O–H groups in total. The first kappa shape index (κ1) is 12.6. The van der Waals surface area contributed by atoms with E-state index in [9.17, 15) is 14.9 Å². The molecule has 0 saturated carbocycles. The highest BCUT2D eigenvalue weighted by Crippen LogP contribution is 2.19. The number of hydrogen-bond acceptors (Lipinski definition) is 5. The minimum absolute atomic E-state index is 0.0603. The van der Waals surface area contributed by atoms with Gasteiger partial charge < -0.3 is 4.74 Å². The third-order valence-electron chi connectivity index (χ3n) is 2.09. The fraction of sp³-hybridized carbons (Fsp3) is 0.273. The Morgan fingerprint density at radius 3 is 2.71 bits per heavy atom. The molecule has 0 spiro atoms. The van der Waals surface area contributed by atoms with Crippen LogP contribution in [0.25, 0.3) is 0 Å². The Labute approximate surface area is 97.6 Å². The summed E-state index contributed by atoms with van der Waals surface area (Å²) in [5, 5.41) is 19.1. The van der Waals surface area contributed by atoms with Crippen LogP contribution in [0.2, 0.25) is 0 Å². The third kappa shape index (κ3) is 3.01. The maximum absolute atomic E-state index is 11.5. The van der Waals surface area contributed by atoms with E-state index < -0.39 is 17.0 Å². The molecule has 1 rings (SSSR count). The Balaban J connectivity index is 2.95. The molecule has 0 aliphatic heterocycles. The number of esters is 1. The van der Waals surface area contributed by atoms with Crippen molar-refractivity contribution < 1.29 is 14.5 Å². The van der Waals surface area contributed by atoms with E-state index in [4.69, 9.17) is 10.00 Å². The van der Waals surface area contributed by atoms with Gasteiger partial charge in [-0.3, -0.25) is 10.1 Å². The van der Waals surface area contributed by atoms with Gasteiger partial charge in [-0.2, -0.15) is 5.26 Å². The molecule has 0 saturated heterocycles. The van der Waals surface area contributed by atoms with Crippen LogP contribution in [0.1, 0.15) is 22.8 Å². The molecule has 0 amide bonds. The van der Waals surface area contributed by atoms with E-state index in [-0.39, 0.29) is 11.3 Å². The minimum Gasteiger partial charge on any atom is -0.444 e. The predicted octanol–water partition coefficient (Wildman–Crippen LogP) is 1.97. The van der Waals surface area contributed by atoms with Gasteiger partial charge in [-0.05, 0) is 26.0 Å². The monoisotopic (exact) mass is 234 g/mol. The second kappa shape index (κ2) is 5.07. The molecule has 0 aromatic heterocycles. The van der Waals surface area contributed by atoms with E-state index >= 15 is 0 Å². The van der Waals surface area contributed by atoms with Gasteiger partial charge >= 0.3 is 5.97 Å². The molecule has 88 valence electrons. The van der Waals surface area contributed by atoms with Gasteiger partial charge in [0.15, 0.2) is 6.10 Å². The van der Waals surface area contributed by atoms with Gasteiger partial charge in [0.05, 0.1) is 10.5 Å². The Morgan fingerprint density at radius 2 is 2.24 bits per heavy atom. The van der Waals surface area contributed by atoms with E-state index in [2.05, 4.69) is 0 Å². The lowest BCUT2D eigenvalue weighted by Crippen LogP contribution is -2.13. The molecular formula is C11H10N2O4. The van der Waals surface area contributed by atoms with Crippen molar-refractivity contribution in [3.63, 3.8) is 0 Å².